The lowest BCUT2D eigenvalue weighted by Gasteiger charge is -2.27. The van der Waals surface area contributed by atoms with Crippen molar-refractivity contribution >= 4 is 22.7 Å². The van der Waals surface area contributed by atoms with Crippen LogP contribution >= 0.6 is 0 Å². The number of morpholine rings is 1. The maximum Gasteiger partial charge on any atom is 0.253 e. The molecule has 0 amide bonds. The summed E-state index contributed by atoms with van der Waals surface area (Å²) in [6, 6.07) is 11.6. The highest BCUT2D eigenvalue weighted by molar-refractivity contribution is 5.99. The number of aryl methyl sites for hydroxylation is 1. The number of benzene rings is 1. The summed E-state index contributed by atoms with van der Waals surface area (Å²) in [4.78, 5) is 23.3. The Bertz CT molecular complexity index is 1260. The third kappa shape index (κ3) is 3.69. The summed E-state index contributed by atoms with van der Waals surface area (Å²) in [6.07, 6.45) is 1.81. The van der Waals surface area contributed by atoms with Gasteiger partial charge < -0.3 is 19.2 Å². The highest BCUT2D eigenvalue weighted by Crippen LogP contribution is 2.29. The third-order valence-corrected chi connectivity index (χ3v) is 5.18. The molecule has 4 heterocycles. The van der Waals surface area contributed by atoms with Gasteiger partial charge in [0.1, 0.15) is 12.1 Å². The lowest BCUT2D eigenvalue weighted by Crippen LogP contribution is -2.37. The predicted octanol–water partition coefficient (Wildman–Crippen LogP) is 2.40. The smallest absolute Gasteiger partial charge is 0.253 e. The van der Waals surface area contributed by atoms with E-state index in [0.717, 1.165) is 16.8 Å². The van der Waals surface area contributed by atoms with E-state index in [-0.39, 0.29) is 5.76 Å². The van der Waals surface area contributed by atoms with Crippen molar-refractivity contribution in [1.29, 1.82) is 0 Å². The van der Waals surface area contributed by atoms with Crippen LogP contribution in [0.2, 0.25) is 0 Å². The van der Waals surface area contributed by atoms with Gasteiger partial charge in [0.05, 0.1) is 18.9 Å². The molecule has 0 aliphatic carbocycles. The van der Waals surface area contributed by atoms with Crippen LogP contribution in [0.5, 0.6) is 0 Å². The van der Waals surface area contributed by atoms with Crippen LogP contribution in [0.4, 0.5) is 5.82 Å². The highest BCUT2D eigenvalue weighted by Gasteiger charge is 2.23. The number of aromatic nitrogens is 4. The summed E-state index contributed by atoms with van der Waals surface area (Å²) in [6.45, 7) is 3.83. The molecule has 158 valence electrons. The van der Waals surface area contributed by atoms with Gasteiger partial charge in [-0.05, 0) is 19.1 Å². The van der Waals surface area contributed by atoms with E-state index in [1.54, 1.807) is 4.68 Å². The molecule has 0 bridgehead atoms. The summed E-state index contributed by atoms with van der Waals surface area (Å²) < 4.78 is 12.8. The van der Waals surface area contributed by atoms with Gasteiger partial charge in [0.15, 0.2) is 17.2 Å². The van der Waals surface area contributed by atoms with Crippen molar-refractivity contribution in [2.45, 2.75) is 6.92 Å². The summed E-state index contributed by atoms with van der Waals surface area (Å²) >= 11 is 0. The topological polar surface area (TPSA) is 107 Å². The van der Waals surface area contributed by atoms with E-state index in [4.69, 9.17) is 14.1 Å². The Kier molecular flexibility index (Phi) is 4.97. The van der Waals surface area contributed by atoms with Gasteiger partial charge in [-0.15, -0.1) is 0 Å². The van der Waals surface area contributed by atoms with Crippen LogP contribution in [0.25, 0.3) is 28.3 Å². The molecule has 1 fully saturated rings. The van der Waals surface area contributed by atoms with Crippen LogP contribution in [0.1, 0.15) is 16.1 Å². The Morgan fingerprint density at radius 2 is 2.00 bits per heavy atom. The fourth-order valence-corrected chi connectivity index (χ4v) is 3.60. The number of carbonyl (C=O) groups is 1. The van der Waals surface area contributed by atoms with Crippen LogP contribution in [0, 0.1) is 6.92 Å². The van der Waals surface area contributed by atoms with E-state index in [1.807, 2.05) is 42.3 Å². The SMILES string of the molecule is Cc1cccc(-c2ccn(-c3nc(N4CCOCC4)c4oc(C(=O)CO)cc4n3)n2)c1. The molecule has 4 aromatic rings. The standard InChI is InChI=1S/C22H21N5O4/c1-14-3-2-4-15(11-14)16-5-6-27(25-16)22-23-17-12-19(18(29)13-28)31-20(17)21(24-22)26-7-9-30-10-8-26/h2-6,11-12,28H,7-10,13H2,1H3. The molecular weight excluding hydrogens is 398 g/mol. The van der Waals surface area contributed by atoms with Crippen molar-refractivity contribution in [2.75, 3.05) is 37.8 Å². The largest absolute Gasteiger partial charge is 0.447 e. The minimum atomic E-state index is -0.633. The van der Waals surface area contributed by atoms with E-state index in [9.17, 15) is 9.90 Å². The zero-order valence-corrected chi connectivity index (χ0v) is 17.0. The first-order valence-corrected chi connectivity index (χ1v) is 10.0. The van der Waals surface area contributed by atoms with Crippen molar-refractivity contribution in [2.24, 2.45) is 0 Å². The molecule has 0 atom stereocenters. The molecule has 31 heavy (non-hydrogen) atoms. The molecule has 1 N–H and O–H groups in total. The van der Waals surface area contributed by atoms with Gasteiger partial charge in [0, 0.05) is 30.9 Å². The van der Waals surface area contributed by atoms with Crippen molar-refractivity contribution in [3.05, 3.63) is 53.9 Å². The molecule has 1 aliphatic rings. The Morgan fingerprint density at radius 3 is 2.77 bits per heavy atom. The number of ether oxygens (including phenoxy) is 1. The molecule has 5 rings (SSSR count). The first-order chi connectivity index (χ1) is 15.1. The lowest BCUT2D eigenvalue weighted by molar-refractivity contribution is 0.0878. The first kappa shape index (κ1) is 19.4. The number of hydrogen-bond donors (Lipinski definition) is 1. The zero-order chi connectivity index (χ0) is 21.4. The second-order valence-electron chi connectivity index (χ2n) is 7.37. The summed E-state index contributed by atoms with van der Waals surface area (Å²) in [7, 11) is 0. The van der Waals surface area contributed by atoms with Crippen LogP contribution < -0.4 is 4.90 Å². The minimum absolute atomic E-state index is 0.0550. The number of Topliss-reactive ketones (excluding diaryl/α,β-unsaturated/α-hetero) is 1. The lowest BCUT2D eigenvalue weighted by atomic mass is 10.1. The number of furan rings is 1. The Morgan fingerprint density at radius 1 is 1.16 bits per heavy atom. The van der Waals surface area contributed by atoms with Gasteiger partial charge >= 0.3 is 0 Å². The van der Waals surface area contributed by atoms with E-state index in [0.29, 0.717) is 49.2 Å². The van der Waals surface area contributed by atoms with Crippen molar-refractivity contribution in [1.82, 2.24) is 19.7 Å². The molecular formula is C22H21N5O4. The molecule has 0 saturated carbocycles. The maximum atomic E-state index is 12.0. The number of anilines is 1. The highest BCUT2D eigenvalue weighted by atomic mass is 16.5. The van der Waals surface area contributed by atoms with Crippen LogP contribution in [-0.4, -0.2) is 63.5 Å². The molecule has 9 heteroatoms. The summed E-state index contributed by atoms with van der Waals surface area (Å²) in [5.74, 6) is 0.497. The molecule has 1 aliphatic heterocycles. The average Bonchev–Trinajstić information content (AvgIpc) is 3.46. The van der Waals surface area contributed by atoms with Gasteiger partial charge in [-0.1, -0.05) is 23.8 Å². The van der Waals surface area contributed by atoms with Crippen LogP contribution in [0.3, 0.4) is 0 Å². The summed E-state index contributed by atoms with van der Waals surface area (Å²) in [5, 5.41) is 13.9. The fraction of sp³-hybridized carbons (Fsp3) is 0.273. The number of ketones is 1. The van der Waals surface area contributed by atoms with Gasteiger partial charge in [-0.2, -0.15) is 10.1 Å². The number of hydrogen-bond acceptors (Lipinski definition) is 8. The van der Waals surface area contributed by atoms with Gasteiger partial charge in [0.2, 0.25) is 5.78 Å². The number of nitrogens with zero attached hydrogens (tertiary/aromatic N) is 5. The number of aliphatic hydroxyl groups is 1. The monoisotopic (exact) mass is 419 g/mol. The Labute approximate surface area is 177 Å². The zero-order valence-electron chi connectivity index (χ0n) is 17.0. The minimum Gasteiger partial charge on any atom is -0.447 e. The van der Waals surface area contributed by atoms with Crippen molar-refractivity contribution in [3.8, 4) is 17.2 Å². The Hall–Kier alpha value is -3.56. The van der Waals surface area contributed by atoms with Gasteiger partial charge in [-0.25, -0.2) is 9.67 Å². The van der Waals surface area contributed by atoms with E-state index >= 15 is 0 Å². The van der Waals surface area contributed by atoms with E-state index < -0.39 is 12.4 Å². The van der Waals surface area contributed by atoms with Crippen molar-refractivity contribution in [3.63, 3.8) is 0 Å². The first-order valence-electron chi connectivity index (χ1n) is 10.0. The average molecular weight is 419 g/mol. The van der Waals surface area contributed by atoms with Crippen molar-refractivity contribution < 1.29 is 19.1 Å². The Balaban J connectivity index is 1.61. The van der Waals surface area contributed by atoms with E-state index in [1.165, 1.54) is 6.07 Å². The van der Waals surface area contributed by atoms with Crippen LogP contribution in [0.15, 0.2) is 47.0 Å². The fourth-order valence-electron chi connectivity index (χ4n) is 3.60. The number of carbonyl (C=O) groups excluding carboxylic acids is 1. The normalized spacial score (nSPS) is 14.3. The number of aliphatic hydroxyl groups excluding tert-OH is 1. The molecule has 1 aromatic carbocycles. The molecule has 3 aromatic heterocycles. The molecule has 9 nitrogen and oxygen atoms in total. The molecule has 1 saturated heterocycles. The molecule has 0 unspecified atom stereocenters. The number of fused-ring (bicyclic) bond motifs is 1. The second-order valence-corrected chi connectivity index (χ2v) is 7.37. The van der Waals surface area contributed by atoms with Gasteiger partial charge in [0.25, 0.3) is 5.95 Å². The predicted molar refractivity (Wildman–Crippen MR) is 114 cm³/mol. The molecule has 0 radical (unpaired) electrons. The van der Waals surface area contributed by atoms with Crippen LogP contribution in [-0.2, 0) is 4.74 Å². The second kappa shape index (κ2) is 7.93. The quantitative estimate of drug-likeness (QED) is 0.492. The maximum absolute atomic E-state index is 12.0. The number of rotatable bonds is 5. The summed E-state index contributed by atoms with van der Waals surface area (Å²) in [5.41, 5.74) is 3.86. The van der Waals surface area contributed by atoms with Gasteiger partial charge in [-0.3, -0.25) is 4.79 Å². The molecule has 0 spiro atoms. The van der Waals surface area contributed by atoms with E-state index in [2.05, 4.69) is 16.1 Å². The third-order valence-electron chi connectivity index (χ3n) is 5.18.